The van der Waals surface area contributed by atoms with Gasteiger partial charge in [0.1, 0.15) is 0 Å². The highest BCUT2D eigenvalue weighted by atomic mass is 35.5. The summed E-state index contributed by atoms with van der Waals surface area (Å²) in [7, 11) is 0. The van der Waals surface area contributed by atoms with Gasteiger partial charge in [-0.25, -0.2) is 0 Å². The van der Waals surface area contributed by atoms with Crippen molar-refractivity contribution in [1.29, 1.82) is 0 Å². The quantitative estimate of drug-likeness (QED) is 0.674. The highest BCUT2D eigenvalue weighted by Gasteiger charge is 2.34. The molecule has 1 saturated heterocycles. The molecule has 0 aromatic heterocycles. The Morgan fingerprint density at radius 1 is 0.850 bits per heavy atom. The first-order valence-corrected chi connectivity index (χ1v) is 6.68. The van der Waals surface area contributed by atoms with E-state index in [1.807, 2.05) is 0 Å². The van der Waals surface area contributed by atoms with Gasteiger partial charge >= 0.3 is 0 Å². The summed E-state index contributed by atoms with van der Waals surface area (Å²) in [6.45, 7) is 1.73. The second-order valence-corrected chi connectivity index (χ2v) is 5.48. The van der Waals surface area contributed by atoms with Crippen LogP contribution in [0.1, 0.15) is 5.56 Å². The third kappa shape index (κ3) is 1.88. The molecule has 0 atom stereocenters. The van der Waals surface area contributed by atoms with Gasteiger partial charge in [0, 0.05) is 13.1 Å². The molecule has 0 bridgehead atoms. The lowest BCUT2D eigenvalue weighted by Crippen LogP contribution is -2.62. The van der Waals surface area contributed by atoms with Gasteiger partial charge in [-0.15, -0.1) is 12.4 Å². The Labute approximate surface area is 124 Å². The minimum Gasteiger partial charge on any atom is -0.319 e. The molecule has 0 aliphatic carbocycles. The molecule has 0 unspecified atom stereocenters. The van der Waals surface area contributed by atoms with Crippen LogP contribution in [0.4, 0.5) is 0 Å². The van der Waals surface area contributed by atoms with E-state index in [9.17, 15) is 0 Å². The second-order valence-electron chi connectivity index (χ2n) is 5.48. The lowest BCUT2D eigenvalue weighted by molar-refractivity contribution is 0.287. The standard InChI is InChI=1S/C17H16N2.ClH/c18-17(10-19-11-17)14-8-7-13-6-5-12-3-1-2-4-15(12)16(13)9-14;/h1-9,19H,10-11,18H2;1H. The number of nitrogens with two attached hydrogens (primary N) is 1. The van der Waals surface area contributed by atoms with Crippen LogP contribution in [0.25, 0.3) is 21.5 Å². The van der Waals surface area contributed by atoms with Crippen molar-refractivity contribution in [3.8, 4) is 0 Å². The van der Waals surface area contributed by atoms with E-state index < -0.39 is 0 Å². The third-order valence-electron chi connectivity index (χ3n) is 4.20. The van der Waals surface area contributed by atoms with E-state index in [4.69, 9.17) is 5.73 Å². The number of hydrogen-bond acceptors (Lipinski definition) is 2. The zero-order valence-electron chi connectivity index (χ0n) is 11.1. The molecule has 4 rings (SSSR count). The normalized spacial score (nSPS) is 16.6. The van der Waals surface area contributed by atoms with E-state index in [1.54, 1.807) is 0 Å². The van der Waals surface area contributed by atoms with Crippen molar-refractivity contribution in [2.75, 3.05) is 13.1 Å². The van der Waals surface area contributed by atoms with Crippen LogP contribution in [0.2, 0.25) is 0 Å². The molecule has 2 nitrogen and oxygen atoms in total. The fourth-order valence-corrected chi connectivity index (χ4v) is 2.91. The van der Waals surface area contributed by atoms with E-state index >= 15 is 0 Å². The van der Waals surface area contributed by atoms with E-state index in [0.29, 0.717) is 0 Å². The number of rotatable bonds is 1. The zero-order chi connectivity index (χ0) is 12.9. The summed E-state index contributed by atoms with van der Waals surface area (Å²) >= 11 is 0. The summed E-state index contributed by atoms with van der Waals surface area (Å²) in [4.78, 5) is 0. The number of hydrogen-bond donors (Lipinski definition) is 2. The summed E-state index contributed by atoms with van der Waals surface area (Å²) in [5.41, 5.74) is 7.44. The Balaban J connectivity index is 0.00000121. The number of benzene rings is 3. The van der Waals surface area contributed by atoms with Crippen LogP contribution in [0.15, 0.2) is 54.6 Å². The van der Waals surface area contributed by atoms with Crippen LogP contribution < -0.4 is 11.1 Å². The maximum atomic E-state index is 6.40. The van der Waals surface area contributed by atoms with Crippen molar-refractivity contribution in [3.05, 3.63) is 60.2 Å². The smallest absolute Gasteiger partial charge is 0.0662 e. The van der Waals surface area contributed by atoms with Gasteiger partial charge in [0.25, 0.3) is 0 Å². The van der Waals surface area contributed by atoms with Gasteiger partial charge in [0.15, 0.2) is 0 Å². The number of fused-ring (bicyclic) bond motifs is 3. The maximum absolute atomic E-state index is 6.40. The van der Waals surface area contributed by atoms with Crippen molar-refractivity contribution in [2.24, 2.45) is 5.73 Å². The molecule has 3 heteroatoms. The Bertz CT molecular complexity index is 778. The van der Waals surface area contributed by atoms with Crippen LogP contribution in [-0.2, 0) is 5.54 Å². The van der Waals surface area contributed by atoms with E-state index in [0.717, 1.165) is 13.1 Å². The lowest BCUT2D eigenvalue weighted by Gasteiger charge is -2.39. The largest absolute Gasteiger partial charge is 0.319 e. The molecular formula is C17H17ClN2. The predicted octanol–water partition coefficient (Wildman–Crippen LogP) is 3.17. The Kier molecular flexibility index (Phi) is 3.17. The SMILES string of the molecule is Cl.NC1(c2ccc3ccc4ccccc4c3c2)CNC1. The maximum Gasteiger partial charge on any atom is 0.0662 e. The molecule has 102 valence electrons. The number of halogens is 1. The molecule has 1 heterocycles. The number of nitrogens with one attached hydrogen (secondary N) is 1. The fraction of sp³-hybridized carbons (Fsp3) is 0.176. The molecule has 3 aromatic carbocycles. The lowest BCUT2D eigenvalue weighted by atomic mass is 9.84. The first-order valence-electron chi connectivity index (χ1n) is 6.68. The summed E-state index contributed by atoms with van der Waals surface area (Å²) in [6, 6.07) is 19.5. The minimum absolute atomic E-state index is 0. The molecule has 3 N–H and O–H groups in total. The van der Waals surface area contributed by atoms with Crippen molar-refractivity contribution in [1.82, 2.24) is 5.32 Å². The van der Waals surface area contributed by atoms with Gasteiger partial charge in [-0.05, 0) is 33.2 Å². The van der Waals surface area contributed by atoms with Gasteiger partial charge in [0.2, 0.25) is 0 Å². The van der Waals surface area contributed by atoms with E-state index in [-0.39, 0.29) is 17.9 Å². The first kappa shape index (κ1) is 13.4. The Morgan fingerprint density at radius 2 is 1.50 bits per heavy atom. The summed E-state index contributed by atoms with van der Waals surface area (Å²) < 4.78 is 0. The fourth-order valence-electron chi connectivity index (χ4n) is 2.91. The van der Waals surface area contributed by atoms with Gasteiger partial charge in [-0.1, -0.05) is 48.5 Å². The molecule has 20 heavy (non-hydrogen) atoms. The van der Waals surface area contributed by atoms with Crippen molar-refractivity contribution in [2.45, 2.75) is 5.54 Å². The Hall–Kier alpha value is -1.61. The molecule has 0 amide bonds. The molecule has 0 saturated carbocycles. The van der Waals surface area contributed by atoms with Crippen LogP contribution in [-0.4, -0.2) is 13.1 Å². The highest BCUT2D eigenvalue weighted by molar-refractivity contribution is 6.07. The zero-order valence-corrected chi connectivity index (χ0v) is 11.9. The molecule has 1 aliphatic rings. The van der Waals surface area contributed by atoms with Crippen molar-refractivity contribution in [3.63, 3.8) is 0 Å². The van der Waals surface area contributed by atoms with Gasteiger partial charge < -0.3 is 11.1 Å². The predicted molar refractivity (Wildman–Crippen MR) is 87.4 cm³/mol. The average molecular weight is 285 g/mol. The highest BCUT2D eigenvalue weighted by Crippen LogP contribution is 2.30. The minimum atomic E-state index is -0.189. The molecule has 1 fully saturated rings. The van der Waals surface area contributed by atoms with E-state index in [1.165, 1.54) is 27.1 Å². The van der Waals surface area contributed by atoms with Crippen LogP contribution in [0, 0.1) is 0 Å². The van der Waals surface area contributed by atoms with Crippen LogP contribution in [0.3, 0.4) is 0 Å². The van der Waals surface area contributed by atoms with Gasteiger partial charge in [-0.3, -0.25) is 0 Å². The molecule has 1 aliphatic heterocycles. The van der Waals surface area contributed by atoms with Gasteiger partial charge in [0.05, 0.1) is 5.54 Å². The molecular weight excluding hydrogens is 268 g/mol. The second kappa shape index (κ2) is 4.74. The third-order valence-corrected chi connectivity index (χ3v) is 4.20. The molecule has 0 radical (unpaired) electrons. The van der Waals surface area contributed by atoms with Crippen LogP contribution in [0.5, 0.6) is 0 Å². The Morgan fingerprint density at radius 3 is 2.20 bits per heavy atom. The average Bonchev–Trinajstić information content (AvgIpc) is 2.44. The first-order chi connectivity index (χ1) is 9.26. The monoisotopic (exact) mass is 284 g/mol. The summed E-state index contributed by atoms with van der Waals surface area (Å²) in [5.74, 6) is 0. The molecule has 3 aromatic rings. The topological polar surface area (TPSA) is 38.0 Å². The van der Waals surface area contributed by atoms with Gasteiger partial charge in [-0.2, -0.15) is 0 Å². The van der Waals surface area contributed by atoms with E-state index in [2.05, 4.69) is 59.9 Å². The summed E-state index contributed by atoms with van der Waals surface area (Å²) in [5, 5.41) is 8.42. The summed E-state index contributed by atoms with van der Waals surface area (Å²) in [6.07, 6.45) is 0. The molecule has 0 spiro atoms. The van der Waals surface area contributed by atoms with Crippen LogP contribution >= 0.6 is 12.4 Å². The van der Waals surface area contributed by atoms with Crippen molar-refractivity contribution < 1.29 is 0 Å². The van der Waals surface area contributed by atoms with Crippen molar-refractivity contribution >= 4 is 34.0 Å².